The molecule has 1 aromatic carbocycles. The zero-order valence-electron chi connectivity index (χ0n) is 20.7. The number of hydrogen-bond donors (Lipinski definition) is 7. The second-order valence-electron chi connectivity index (χ2n) is 9.29. The summed E-state index contributed by atoms with van der Waals surface area (Å²) in [4.78, 5) is 55.0. The summed E-state index contributed by atoms with van der Waals surface area (Å²) in [7, 11) is 0. The Morgan fingerprint density at radius 1 is 1.14 bits per heavy atom. The number of benzene rings is 1. The second-order valence-corrected chi connectivity index (χ2v) is 9.29. The summed E-state index contributed by atoms with van der Waals surface area (Å²) >= 11 is 0. The standard InChI is InChI=1S/C25H36N6O6/c26-10-4-3-7-17(27)22(33)30-20(14-32)24(35)31-11-5-9-21(31)23(34)29-19(25(36)37)12-15-13-28-18-8-2-1-6-16(15)18/h1-2,6,8,13,17,19-21,28,32H,3-5,7,9-12,14,26-27H2,(H,29,34)(H,30,33)(H,36,37). The van der Waals surface area contributed by atoms with Crippen LogP contribution in [-0.4, -0.2) is 87.7 Å². The van der Waals surface area contributed by atoms with Gasteiger partial charge < -0.3 is 42.2 Å². The van der Waals surface area contributed by atoms with Crippen LogP contribution in [0.15, 0.2) is 30.5 Å². The number of hydrogen-bond acceptors (Lipinski definition) is 7. The molecular weight excluding hydrogens is 480 g/mol. The molecule has 1 saturated heterocycles. The lowest BCUT2D eigenvalue weighted by molar-refractivity contribution is -0.145. The summed E-state index contributed by atoms with van der Waals surface area (Å²) < 4.78 is 0. The number of aliphatic hydroxyl groups excluding tert-OH is 1. The van der Waals surface area contributed by atoms with Gasteiger partial charge in [0, 0.05) is 30.1 Å². The smallest absolute Gasteiger partial charge is 0.326 e. The largest absolute Gasteiger partial charge is 0.480 e. The fourth-order valence-electron chi connectivity index (χ4n) is 4.60. The van der Waals surface area contributed by atoms with Gasteiger partial charge in [-0.25, -0.2) is 4.79 Å². The van der Waals surface area contributed by atoms with Crippen LogP contribution in [0.4, 0.5) is 0 Å². The molecule has 12 heteroatoms. The monoisotopic (exact) mass is 516 g/mol. The molecule has 1 fully saturated rings. The zero-order valence-corrected chi connectivity index (χ0v) is 20.7. The maximum atomic E-state index is 13.1. The number of amides is 3. The number of H-pyrrole nitrogens is 1. The van der Waals surface area contributed by atoms with Gasteiger partial charge in [0.1, 0.15) is 18.1 Å². The van der Waals surface area contributed by atoms with Gasteiger partial charge in [-0.2, -0.15) is 0 Å². The Labute approximate surface area is 214 Å². The lowest BCUT2D eigenvalue weighted by Crippen LogP contribution is -2.58. The van der Waals surface area contributed by atoms with E-state index in [-0.39, 0.29) is 13.0 Å². The molecule has 202 valence electrons. The van der Waals surface area contributed by atoms with Crippen LogP contribution in [0.1, 0.15) is 37.7 Å². The molecule has 1 aliphatic rings. The minimum Gasteiger partial charge on any atom is -0.480 e. The highest BCUT2D eigenvalue weighted by atomic mass is 16.4. The van der Waals surface area contributed by atoms with Crippen molar-refractivity contribution in [3.05, 3.63) is 36.0 Å². The Balaban J connectivity index is 1.64. The van der Waals surface area contributed by atoms with Crippen molar-refractivity contribution < 1.29 is 29.4 Å². The van der Waals surface area contributed by atoms with E-state index in [1.165, 1.54) is 4.90 Å². The molecule has 4 unspecified atom stereocenters. The molecule has 4 atom stereocenters. The van der Waals surface area contributed by atoms with Gasteiger partial charge in [-0.3, -0.25) is 14.4 Å². The first kappa shape index (κ1) is 28.1. The minimum atomic E-state index is -1.26. The van der Waals surface area contributed by atoms with Gasteiger partial charge >= 0.3 is 5.97 Å². The Morgan fingerprint density at radius 2 is 1.89 bits per heavy atom. The van der Waals surface area contributed by atoms with Crippen LogP contribution < -0.4 is 22.1 Å². The van der Waals surface area contributed by atoms with E-state index in [1.54, 1.807) is 6.20 Å². The topological polar surface area (TPSA) is 204 Å². The molecule has 1 aliphatic heterocycles. The number of aliphatic hydroxyl groups is 1. The van der Waals surface area contributed by atoms with Crippen molar-refractivity contribution in [2.24, 2.45) is 11.5 Å². The summed E-state index contributed by atoms with van der Waals surface area (Å²) in [6.07, 6.45) is 4.39. The van der Waals surface area contributed by atoms with Gasteiger partial charge in [0.05, 0.1) is 12.6 Å². The number of carbonyl (C=O) groups excluding carboxylic acids is 3. The number of nitrogens with two attached hydrogens (primary N) is 2. The third-order valence-electron chi connectivity index (χ3n) is 6.66. The molecule has 2 aromatic rings. The number of carboxylic acids is 1. The first-order valence-electron chi connectivity index (χ1n) is 12.5. The molecule has 0 radical (unpaired) electrons. The molecule has 0 aliphatic carbocycles. The van der Waals surface area contributed by atoms with E-state index >= 15 is 0 Å². The first-order chi connectivity index (χ1) is 17.8. The molecule has 3 rings (SSSR count). The summed E-state index contributed by atoms with van der Waals surface area (Å²) in [5.41, 5.74) is 12.9. The molecule has 0 spiro atoms. The van der Waals surface area contributed by atoms with E-state index in [4.69, 9.17) is 11.5 Å². The third kappa shape index (κ3) is 7.06. The van der Waals surface area contributed by atoms with E-state index in [0.717, 1.165) is 16.5 Å². The SMILES string of the molecule is NCCCCC(N)C(=O)NC(CO)C(=O)N1CCCC1C(=O)NC(Cc1c[nH]c2ccccc12)C(=O)O. The summed E-state index contributed by atoms with van der Waals surface area (Å²) in [6, 6.07) is 3.22. The lowest BCUT2D eigenvalue weighted by atomic mass is 10.0. The summed E-state index contributed by atoms with van der Waals surface area (Å²) in [5.74, 6) is -2.99. The number of carbonyl (C=O) groups is 4. The van der Waals surface area contributed by atoms with Crippen molar-refractivity contribution in [3.8, 4) is 0 Å². The van der Waals surface area contributed by atoms with Crippen molar-refractivity contribution in [2.75, 3.05) is 19.7 Å². The number of aromatic amines is 1. The number of para-hydroxylation sites is 1. The Hall–Kier alpha value is -3.48. The highest BCUT2D eigenvalue weighted by Gasteiger charge is 2.39. The minimum absolute atomic E-state index is 0.0587. The predicted molar refractivity (Wildman–Crippen MR) is 136 cm³/mol. The van der Waals surface area contributed by atoms with Crippen molar-refractivity contribution in [1.29, 1.82) is 0 Å². The van der Waals surface area contributed by atoms with Gasteiger partial charge in [-0.15, -0.1) is 0 Å². The quantitative estimate of drug-likeness (QED) is 0.168. The number of likely N-dealkylation sites (tertiary alicyclic amines) is 1. The maximum absolute atomic E-state index is 13.1. The highest BCUT2D eigenvalue weighted by molar-refractivity contribution is 5.95. The van der Waals surface area contributed by atoms with Gasteiger partial charge in [0.2, 0.25) is 17.7 Å². The number of nitrogens with one attached hydrogen (secondary N) is 3. The average molecular weight is 517 g/mol. The van der Waals surface area contributed by atoms with E-state index < -0.39 is 54.5 Å². The molecule has 0 saturated carbocycles. The first-order valence-corrected chi connectivity index (χ1v) is 12.5. The van der Waals surface area contributed by atoms with Crippen LogP contribution in [0.25, 0.3) is 10.9 Å². The fourth-order valence-corrected chi connectivity index (χ4v) is 4.60. The predicted octanol–water partition coefficient (Wildman–Crippen LogP) is -0.796. The van der Waals surface area contributed by atoms with Gasteiger partial charge in [-0.05, 0) is 43.9 Å². The van der Waals surface area contributed by atoms with E-state index in [9.17, 15) is 29.4 Å². The number of nitrogens with zero attached hydrogens (tertiary/aromatic N) is 1. The lowest BCUT2D eigenvalue weighted by Gasteiger charge is -2.29. The number of aromatic nitrogens is 1. The molecular formula is C25H36N6O6. The van der Waals surface area contributed by atoms with E-state index in [0.29, 0.717) is 38.6 Å². The highest BCUT2D eigenvalue weighted by Crippen LogP contribution is 2.21. The molecule has 37 heavy (non-hydrogen) atoms. The van der Waals surface area contributed by atoms with Crippen LogP contribution >= 0.6 is 0 Å². The molecule has 9 N–H and O–H groups in total. The van der Waals surface area contributed by atoms with Crippen LogP contribution in [0, 0.1) is 0 Å². The van der Waals surface area contributed by atoms with Gasteiger partial charge in [-0.1, -0.05) is 24.6 Å². The van der Waals surface area contributed by atoms with Gasteiger partial charge in [0.25, 0.3) is 0 Å². The van der Waals surface area contributed by atoms with Crippen LogP contribution in [0.5, 0.6) is 0 Å². The van der Waals surface area contributed by atoms with Crippen LogP contribution in [0.3, 0.4) is 0 Å². The van der Waals surface area contributed by atoms with Crippen molar-refractivity contribution in [3.63, 3.8) is 0 Å². The Kier molecular flexibility index (Phi) is 10.0. The van der Waals surface area contributed by atoms with Crippen molar-refractivity contribution in [1.82, 2.24) is 20.5 Å². The van der Waals surface area contributed by atoms with Crippen molar-refractivity contribution in [2.45, 2.75) is 62.7 Å². The summed E-state index contributed by atoms with van der Waals surface area (Å²) in [6.45, 7) is 0.0598. The number of rotatable bonds is 13. The summed E-state index contributed by atoms with van der Waals surface area (Å²) in [5, 5.41) is 25.4. The number of carboxylic acid groups (broad SMARTS) is 1. The second kappa shape index (κ2) is 13.2. The average Bonchev–Trinajstić information content (AvgIpc) is 3.54. The molecule has 0 bridgehead atoms. The normalized spacial score (nSPS) is 17.8. The molecule has 1 aromatic heterocycles. The number of aliphatic carboxylic acids is 1. The van der Waals surface area contributed by atoms with Crippen LogP contribution in [0.2, 0.25) is 0 Å². The van der Waals surface area contributed by atoms with Crippen LogP contribution in [-0.2, 0) is 25.6 Å². The Bertz CT molecular complexity index is 1100. The maximum Gasteiger partial charge on any atom is 0.326 e. The third-order valence-corrected chi connectivity index (χ3v) is 6.66. The van der Waals surface area contributed by atoms with Crippen molar-refractivity contribution >= 4 is 34.6 Å². The molecule has 2 heterocycles. The van der Waals surface area contributed by atoms with E-state index in [1.807, 2.05) is 24.3 Å². The molecule has 12 nitrogen and oxygen atoms in total. The fraction of sp³-hybridized carbons (Fsp3) is 0.520. The Morgan fingerprint density at radius 3 is 2.59 bits per heavy atom. The van der Waals surface area contributed by atoms with Gasteiger partial charge in [0.15, 0.2) is 0 Å². The van der Waals surface area contributed by atoms with E-state index in [2.05, 4.69) is 15.6 Å². The number of fused-ring (bicyclic) bond motifs is 1. The zero-order chi connectivity index (χ0) is 26.9. The molecule has 3 amide bonds. The number of unbranched alkanes of at least 4 members (excludes halogenated alkanes) is 1.